The Morgan fingerprint density at radius 2 is 1.73 bits per heavy atom. The molecular weight excluding hydrogens is 344 g/mol. The number of nitrogens with one attached hydrogen (secondary N) is 1. The molecule has 26 heavy (non-hydrogen) atoms. The fourth-order valence-electron chi connectivity index (χ4n) is 2.12. The third-order valence-electron chi connectivity index (χ3n) is 3.52. The van der Waals surface area contributed by atoms with Gasteiger partial charge in [0.2, 0.25) is 0 Å². The minimum atomic E-state index is -1.23. The first-order valence-corrected chi connectivity index (χ1v) is 7.90. The van der Waals surface area contributed by atoms with Crippen LogP contribution in [0.15, 0.2) is 48.5 Å². The van der Waals surface area contributed by atoms with Crippen LogP contribution in [0.4, 0.5) is 14.5 Å². The van der Waals surface area contributed by atoms with Crippen molar-refractivity contribution < 1.29 is 27.9 Å². The second kappa shape index (κ2) is 8.84. The number of ketones is 1. The van der Waals surface area contributed by atoms with E-state index in [1.165, 1.54) is 6.92 Å². The average Bonchev–Trinajstić information content (AvgIpc) is 2.63. The summed E-state index contributed by atoms with van der Waals surface area (Å²) in [4.78, 5) is 35.6. The number of halogens is 2. The van der Waals surface area contributed by atoms with Crippen molar-refractivity contribution in [1.29, 1.82) is 0 Å². The Kier molecular flexibility index (Phi) is 6.54. The smallest absolute Gasteiger partial charge is 0.307 e. The molecule has 0 spiro atoms. The zero-order valence-corrected chi connectivity index (χ0v) is 14.0. The van der Waals surface area contributed by atoms with Gasteiger partial charge in [-0.15, -0.1) is 0 Å². The molecule has 1 atom stereocenters. The number of benzene rings is 2. The Balaban J connectivity index is 1.83. The van der Waals surface area contributed by atoms with Crippen LogP contribution in [0, 0.1) is 11.6 Å². The van der Waals surface area contributed by atoms with Crippen molar-refractivity contribution in [3.8, 4) is 0 Å². The SMILES string of the molecule is C[C@H](OC(=O)CCC(=O)c1ccccc1)C(=O)Nc1cc(F)ccc1F. The Hall–Kier alpha value is -3.09. The van der Waals surface area contributed by atoms with Crippen LogP contribution >= 0.6 is 0 Å². The molecule has 1 amide bonds. The second-order valence-corrected chi connectivity index (χ2v) is 5.53. The van der Waals surface area contributed by atoms with Crippen molar-refractivity contribution in [1.82, 2.24) is 0 Å². The zero-order valence-electron chi connectivity index (χ0n) is 14.0. The van der Waals surface area contributed by atoms with Crippen LogP contribution in [0.3, 0.4) is 0 Å². The molecule has 0 fully saturated rings. The van der Waals surface area contributed by atoms with Gasteiger partial charge in [-0.2, -0.15) is 0 Å². The van der Waals surface area contributed by atoms with Gasteiger partial charge in [0.15, 0.2) is 11.9 Å². The number of ether oxygens (including phenoxy) is 1. The molecule has 1 N–H and O–H groups in total. The van der Waals surface area contributed by atoms with E-state index in [9.17, 15) is 23.2 Å². The predicted molar refractivity (Wildman–Crippen MR) is 90.5 cm³/mol. The summed E-state index contributed by atoms with van der Waals surface area (Å²) in [6, 6.07) is 11.1. The predicted octanol–water partition coefficient (Wildman–Crippen LogP) is 3.50. The minimum Gasteiger partial charge on any atom is -0.453 e. The quantitative estimate of drug-likeness (QED) is 0.605. The van der Waals surface area contributed by atoms with Crippen LogP contribution in [0.5, 0.6) is 0 Å². The van der Waals surface area contributed by atoms with Gasteiger partial charge in [0.05, 0.1) is 12.1 Å². The standard InChI is InChI=1S/C19H17F2NO4/c1-12(19(25)22-16-11-14(20)7-8-15(16)21)26-18(24)10-9-17(23)13-5-3-2-4-6-13/h2-8,11-12H,9-10H2,1H3,(H,22,25)/t12-/m0/s1. The molecule has 0 saturated carbocycles. The number of hydrogen-bond acceptors (Lipinski definition) is 4. The van der Waals surface area contributed by atoms with Crippen LogP contribution in [0.1, 0.15) is 30.1 Å². The first kappa shape index (κ1) is 19.2. The number of carbonyl (C=O) groups is 3. The maximum Gasteiger partial charge on any atom is 0.307 e. The molecule has 0 unspecified atom stereocenters. The van der Waals surface area contributed by atoms with Crippen LogP contribution < -0.4 is 5.32 Å². The van der Waals surface area contributed by atoms with Gasteiger partial charge in [-0.05, 0) is 19.1 Å². The highest BCUT2D eigenvalue weighted by Crippen LogP contribution is 2.16. The van der Waals surface area contributed by atoms with Gasteiger partial charge in [-0.3, -0.25) is 14.4 Å². The van der Waals surface area contributed by atoms with Gasteiger partial charge in [0.25, 0.3) is 5.91 Å². The van der Waals surface area contributed by atoms with Crippen molar-refractivity contribution in [2.24, 2.45) is 0 Å². The lowest BCUT2D eigenvalue weighted by Gasteiger charge is -2.14. The highest BCUT2D eigenvalue weighted by molar-refractivity contribution is 5.98. The summed E-state index contributed by atoms with van der Waals surface area (Å²) in [6.45, 7) is 1.30. The van der Waals surface area contributed by atoms with Gasteiger partial charge in [-0.1, -0.05) is 30.3 Å². The largest absolute Gasteiger partial charge is 0.453 e. The molecule has 0 aliphatic rings. The molecular formula is C19H17F2NO4. The molecule has 0 aliphatic carbocycles. The lowest BCUT2D eigenvalue weighted by atomic mass is 10.1. The van der Waals surface area contributed by atoms with E-state index < -0.39 is 29.6 Å². The van der Waals surface area contributed by atoms with Crippen molar-refractivity contribution in [2.45, 2.75) is 25.9 Å². The number of amides is 1. The summed E-state index contributed by atoms with van der Waals surface area (Å²) in [5.74, 6) is -3.30. The summed E-state index contributed by atoms with van der Waals surface area (Å²) in [7, 11) is 0. The molecule has 0 aromatic heterocycles. The van der Waals surface area contributed by atoms with Crippen molar-refractivity contribution >= 4 is 23.3 Å². The average molecular weight is 361 g/mol. The first-order chi connectivity index (χ1) is 12.4. The summed E-state index contributed by atoms with van der Waals surface area (Å²) in [5, 5.41) is 2.15. The third kappa shape index (κ3) is 5.47. The van der Waals surface area contributed by atoms with Crippen molar-refractivity contribution in [2.75, 3.05) is 5.32 Å². The number of esters is 1. The lowest BCUT2D eigenvalue weighted by Crippen LogP contribution is -2.30. The molecule has 2 rings (SSSR count). The van der Waals surface area contributed by atoms with Crippen molar-refractivity contribution in [3.05, 3.63) is 65.7 Å². The maximum absolute atomic E-state index is 13.5. The lowest BCUT2D eigenvalue weighted by molar-refractivity contribution is -0.153. The van der Waals surface area contributed by atoms with Gasteiger partial charge in [0, 0.05) is 18.1 Å². The molecule has 0 bridgehead atoms. The summed E-state index contributed by atoms with van der Waals surface area (Å²) >= 11 is 0. The highest BCUT2D eigenvalue weighted by Gasteiger charge is 2.20. The maximum atomic E-state index is 13.5. The van der Waals surface area contributed by atoms with Crippen LogP contribution in [0.2, 0.25) is 0 Å². The second-order valence-electron chi connectivity index (χ2n) is 5.53. The number of Topliss-reactive ketones (excluding diaryl/α,β-unsaturated/α-hetero) is 1. The molecule has 0 radical (unpaired) electrons. The Morgan fingerprint density at radius 1 is 1.04 bits per heavy atom. The van der Waals surface area contributed by atoms with E-state index in [-0.39, 0.29) is 24.3 Å². The Labute approximate surface area is 149 Å². The van der Waals surface area contributed by atoms with Crippen molar-refractivity contribution in [3.63, 3.8) is 0 Å². The number of rotatable bonds is 7. The van der Waals surface area contributed by atoms with E-state index in [2.05, 4.69) is 5.32 Å². The zero-order chi connectivity index (χ0) is 19.1. The summed E-state index contributed by atoms with van der Waals surface area (Å²) in [5.41, 5.74) is 0.129. The van der Waals surface area contributed by atoms with E-state index in [1.807, 2.05) is 0 Å². The van der Waals surface area contributed by atoms with Crippen LogP contribution in [0.25, 0.3) is 0 Å². The number of hydrogen-bond donors (Lipinski definition) is 1. The fraction of sp³-hybridized carbons (Fsp3) is 0.211. The van der Waals surface area contributed by atoms with E-state index in [0.717, 1.165) is 18.2 Å². The fourth-order valence-corrected chi connectivity index (χ4v) is 2.12. The van der Waals surface area contributed by atoms with Crippen LogP contribution in [-0.4, -0.2) is 23.8 Å². The van der Waals surface area contributed by atoms with E-state index in [0.29, 0.717) is 5.56 Å². The van der Waals surface area contributed by atoms with E-state index in [1.54, 1.807) is 30.3 Å². The van der Waals surface area contributed by atoms with Gasteiger partial charge in [-0.25, -0.2) is 8.78 Å². The molecule has 2 aromatic rings. The molecule has 0 aliphatic heterocycles. The third-order valence-corrected chi connectivity index (χ3v) is 3.52. The molecule has 136 valence electrons. The molecule has 0 saturated heterocycles. The molecule has 2 aromatic carbocycles. The van der Waals surface area contributed by atoms with Crippen LogP contribution in [-0.2, 0) is 14.3 Å². The van der Waals surface area contributed by atoms with E-state index >= 15 is 0 Å². The monoisotopic (exact) mass is 361 g/mol. The summed E-state index contributed by atoms with van der Waals surface area (Å²) in [6.07, 6.45) is -1.48. The van der Waals surface area contributed by atoms with Gasteiger partial charge < -0.3 is 10.1 Å². The molecule has 5 nitrogen and oxygen atoms in total. The van der Waals surface area contributed by atoms with Gasteiger partial charge >= 0.3 is 5.97 Å². The van der Waals surface area contributed by atoms with E-state index in [4.69, 9.17) is 4.74 Å². The Morgan fingerprint density at radius 3 is 2.42 bits per heavy atom. The Bertz CT molecular complexity index is 808. The summed E-state index contributed by atoms with van der Waals surface area (Å²) < 4.78 is 31.5. The first-order valence-electron chi connectivity index (χ1n) is 7.90. The highest BCUT2D eigenvalue weighted by atomic mass is 19.1. The molecule has 7 heteroatoms. The minimum absolute atomic E-state index is 0.0598. The normalized spacial score (nSPS) is 11.5. The molecule has 0 heterocycles. The topological polar surface area (TPSA) is 72.5 Å². The number of anilines is 1. The van der Waals surface area contributed by atoms with Gasteiger partial charge in [0.1, 0.15) is 11.6 Å². The number of carbonyl (C=O) groups excluding carboxylic acids is 3.